The summed E-state index contributed by atoms with van der Waals surface area (Å²) >= 11 is 0. The molecule has 2 aromatic rings. The Labute approximate surface area is 143 Å². The Balaban J connectivity index is 2.56. The molecule has 2 aromatic carbocycles. The van der Waals surface area contributed by atoms with E-state index in [0.717, 1.165) is 5.56 Å². The van der Waals surface area contributed by atoms with Crippen molar-refractivity contribution in [3.8, 4) is 0 Å². The molecule has 0 bridgehead atoms. The number of ether oxygens (including phenoxy) is 2. The summed E-state index contributed by atoms with van der Waals surface area (Å²) in [6.45, 7) is 0. The molecule has 0 unspecified atom stereocenters. The van der Waals surface area contributed by atoms with Gasteiger partial charge in [-0.1, -0.05) is 72.8 Å². The van der Waals surface area contributed by atoms with Gasteiger partial charge < -0.3 is 9.47 Å². The van der Waals surface area contributed by atoms with Gasteiger partial charge in [0.05, 0.1) is 14.2 Å². The Kier molecular flexibility index (Phi) is 5.78. The molecule has 0 amide bonds. The van der Waals surface area contributed by atoms with E-state index in [1.54, 1.807) is 36.4 Å². The number of carbonyl (C=O) groups excluding carboxylic acids is 2. The highest BCUT2D eigenvalue weighted by Crippen LogP contribution is 2.29. The Morgan fingerprint density at radius 3 is 1.92 bits per heavy atom. The van der Waals surface area contributed by atoms with E-state index < -0.39 is 23.8 Å². The lowest BCUT2D eigenvalue weighted by molar-refractivity contribution is -0.159. The summed E-state index contributed by atoms with van der Waals surface area (Å²) in [5, 5.41) is 0. The van der Waals surface area contributed by atoms with E-state index >= 15 is 0 Å². The highest BCUT2D eigenvalue weighted by molar-refractivity contribution is 5.96. The van der Waals surface area contributed by atoms with Gasteiger partial charge in [0.1, 0.15) is 0 Å². The van der Waals surface area contributed by atoms with Crippen molar-refractivity contribution in [3.05, 3.63) is 77.9 Å². The standard InChI is InChI=1S/C20H20O4/c1-23-19(21)18(20(22)24-2)17(16-11-7-4-8-12-16)14-13-15-9-5-3-6-10-15/h3-14,17-18H,1-2H3/b14-13+/t17-/m1/s1/i17D. The van der Waals surface area contributed by atoms with Crippen LogP contribution in [0.5, 0.6) is 0 Å². The molecule has 0 aliphatic rings. The monoisotopic (exact) mass is 325 g/mol. The van der Waals surface area contributed by atoms with Crippen LogP contribution in [0.2, 0.25) is 0 Å². The minimum absolute atomic E-state index is 0.489. The van der Waals surface area contributed by atoms with E-state index in [0.29, 0.717) is 5.56 Å². The Hall–Kier alpha value is -2.88. The van der Waals surface area contributed by atoms with Gasteiger partial charge in [-0.25, -0.2) is 0 Å². The Morgan fingerprint density at radius 2 is 1.42 bits per heavy atom. The molecular weight excluding hydrogens is 304 g/mol. The second kappa shape index (κ2) is 8.67. The highest BCUT2D eigenvalue weighted by Gasteiger charge is 2.36. The predicted molar refractivity (Wildman–Crippen MR) is 92.2 cm³/mol. The molecule has 124 valence electrons. The largest absolute Gasteiger partial charge is 0.468 e. The van der Waals surface area contributed by atoms with Crippen molar-refractivity contribution in [2.24, 2.45) is 5.92 Å². The molecule has 0 heterocycles. The maximum atomic E-state index is 12.3. The first-order valence-electron chi connectivity index (χ1n) is 7.98. The molecule has 0 radical (unpaired) electrons. The molecule has 0 saturated carbocycles. The van der Waals surface area contributed by atoms with E-state index in [-0.39, 0.29) is 0 Å². The van der Waals surface area contributed by atoms with Gasteiger partial charge in [0.2, 0.25) is 0 Å². The average molecular weight is 325 g/mol. The van der Waals surface area contributed by atoms with Crippen LogP contribution in [0.1, 0.15) is 18.4 Å². The van der Waals surface area contributed by atoms with Gasteiger partial charge in [-0.3, -0.25) is 9.59 Å². The summed E-state index contributed by atoms with van der Waals surface area (Å²) in [7, 11) is 2.37. The van der Waals surface area contributed by atoms with Gasteiger partial charge in [-0.15, -0.1) is 0 Å². The second-order valence-electron chi connectivity index (χ2n) is 5.04. The number of benzene rings is 2. The number of esters is 2. The van der Waals surface area contributed by atoms with Gasteiger partial charge in [-0.2, -0.15) is 0 Å². The molecular formula is C20H20O4. The van der Waals surface area contributed by atoms with Gasteiger partial charge >= 0.3 is 11.9 Å². The second-order valence-corrected chi connectivity index (χ2v) is 5.04. The van der Waals surface area contributed by atoms with E-state index in [1.165, 1.54) is 20.3 Å². The highest BCUT2D eigenvalue weighted by atomic mass is 16.5. The third-order valence-corrected chi connectivity index (χ3v) is 3.55. The van der Waals surface area contributed by atoms with Crippen molar-refractivity contribution in [3.63, 3.8) is 0 Å². The van der Waals surface area contributed by atoms with Gasteiger partial charge in [0, 0.05) is 7.26 Å². The number of hydrogen-bond donors (Lipinski definition) is 0. The fraction of sp³-hybridized carbons (Fsp3) is 0.200. The Bertz CT molecular complexity index is 727. The number of rotatable bonds is 6. The first-order chi connectivity index (χ1) is 12.0. The van der Waals surface area contributed by atoms with E-state index in [1.807, 2.05) is 30.3 Å². The molecule has 0 N–H and O–H groups in total. The zero-order valence-corrected chi connectivity index (χ0v) is 13.6. The predicted octanol–water partition coefficient (Wildman–Crippen LogP) is 3.45. The third kappa shape index (κ3) is 4.32. The third-order valence-electron chi connectivity index (χ3n) is 3.55. The molecule has 2 rings (SSSR count). The van der Waals surface area contributed by atoms with Gasteiger partial charge in [0.15, 0.2) is 5.92 Å². The van der Waals surface area contributed by atoms with Crippen molar-refractivity contribution < 1.29 is 20.4 Å². The van der Waals surface area contributed by atoms with Crippen molar-refractivity contribution in [2.75, 3.05) is 14.2 Å². The fourth-order valence-electron chi connectivity index (χ4n) is 2.33. The van der Waals surface area contributed by atoms with Gasteiger partial charge in [0.25, 0.3) is 0 Å². The zero-order chi connectivity index (χ0) is 18.3. The number of methoxy groups -OCH3 is 2. The van der Waals surface area contributed by atoms with Crippen LogP contribution >= 0.6 is 0 Å². The van der Waals surface area contributed by atoms with Crippen LogP contribution in [0.3, 0.4) is 0 Å². The normalized spacial score (nSPS) is 14.0. The number of carbonyl (C=O) groups is 2. The summed E-state index contributed by atoms with van der Waals surface area (Å²) in [5.74, 6) is -4.74. The molecule has 4 nitrogen and oxygen atoms in total. The maximum absolute atomic E-state index is 12.3. The zero-order valence-electron chi connectivity index (χ0n) is 14.6. The van der Waals surface area contributed by atoms with Gasteiger partial charge in [-0.05, 0) is 11.1 Å². The van der Waals surface area contributed by atoms with Crippen LogP contribution in [-0.2, 0) is 19.1 Å². The first kappa shape index (κ1) is 16.0. The minimum atomic E-state index is -1.67. The summed E-state index contributed by atoms with van der Waals surface area (Å²) in [5.41, 5.74) is 1.34. The van der Waals surface area contributed by atoms with Crippen LogP contribution < -0.4 is 0 Å². The summed E-state index contributed by atoms with van der Waals surface area (Å²) < 4.78 is 18.5. The van der Waals surface area contributed by atoms with Crippen molar-refractivity contribution in [1.29, 1.82) is 0 Å². The lowest BCUT2D eigenvalue weighted by atomic mass is 9.85. The first-order valence-corrected chi connectivity index (χ1v) is 7.48. The SMILES string of the molecule is [2H][C@@](/C=C/c1ccccc1)(c1ccccc1)C(C(=O)OC)C(=O)OC. The molecule has 1 atom stereocenters. The average Bonchev–Trinajstić information content (AvgIpc) is 2.67. The summed E-state index contributed by atoms with van der Waals surface area (Å²) in [6.07, 6.45) is 3.23. The van der Waals surface area contributed by atoms with Crippen LogP contribution in [0.15, 0.2) is 66.7 Å². The van der Waals surface area contributed by atoms with E-state index in [9.17, 15) is 9.59 Å². The smallest absolute Gasteiger partial charge is 0.321 e. The molecule has 4 heteroatoms. The Morgan fingerprint density at radius 1 is 0.917 bits per heavy atom. The summed E-state index contributed by atoms with van der Waals surface area (Å²) in [4.78, 5) is 24.5. The maximum Gasteiger partial charge on any atom is 0.321 e. The number of allylic oxidation sites excluding steroid dienone is 1. The fourth-order valence-corrected chi connectivity index (χ4v) is 2.33. The van der Waals surface area contributed by atoms with Crippen molar-refractivity contribution in [1.82, 2.24) is 0 Å². The molecule has 0 fully saturated rings. The molecule has 0 aromatic heterocycles. The molecule has 0 aliphatic heterocycles. The van der Waals surface area contributed by atoms with Crippen molar-refractivity contribution in [2.45, 2.75) is 5.89 Å². The summed E-state index contributed by atoms with van der Waals surface area (Å²) in [6, 6.07) is 18.0. The van der Waals surface area contributed by atoms with Crippen LogP contribution in [0, 0.1) is 5.92 Å². The van der Waals surface area contributed by atoms with Crippen LogP contribution in [0.25, 0.3) is 6.08 Å². The van der Waals surface area contributed by atoms with E-state index in [4.69, 9.17) is 10.8 Å². The van der Waals surface area contributed by atoms with Crippen LogP contribution in [0.4, 0.5) is 0 Å². The molecule has 0 saturated heterocycles. The lowest BCUT2D eigenvalue weighted by Gasteiger charge is -2.21. The van der Waals surface area contributed by atoms with E-state index in [2.05, 4.69) is 0 Å². The number of hydrogen-bond acceptors (Lipinski definition) is 4. The van der Waals surface area contributed by atoms with Crippen LogP contribution in [-0.4, -0.2) is 26.2 Å². The molecule has 0 spiro atoms. The lowest BCUT2D eigenvalue weighted by Crippen LogP contribution is -2.31. The topological polar surface area (TPSA) is 52.6 Å². The molecule has 24 heavy (non-hydrogen) atoms. The van der Waals surface area contributed by atoms with Crippen molar-refractivity contribution >= 4 is 18.0 Å². The minimum Gasteiger partial charge on any atom is -0.468 e. The molecule has 0 aliphatic carbocycles. The quantitative estimate of drug-likeness (QED) is 0.603.